The second kappa shape index (κ2) is 5.25. The highest BCUT2D eigenvalue weighted by Crippen LogP contribution is 2.15. The summed E-state index contributed by atoms with van der Waals surface area (Å²) in [5.41, 5.74) is 0.303. The van der Waals surface area contributed by atoms with Crippen molar-refractivity contribution >= 4 is 5.97 Å². The summed E-state index contributed by atoms with van der Waals surface area (Å²) in [5, 5.41) is 8.69. The van der Waals surface area contributed by atoms with E-state index >= 15 is 0 Å². The molecule has 0 radical (unpaired) electrons. The van der Waals surface area contributed by atoms with Crippen LogP contribution in [0.2, 0.25) is 0 Å². The van der Waals surface area contributed by atoms with Gasteiger partial charge in [0.1, 0.15) is 5.82 Å². The van der Waals surface area contributed by atoms with Gasteiger partial charge in [0, 0.05) is 12.2 Å². The lowest BCUT2D eigenvalue weighted by atomic mass is 10.1. The summed E-state index contributed by atoms with van der Waals surface area (Å²) in [6.45, 7) is 1.35. The minimum atomic E-state index is -1.14. The van der Waals surface area contributed by atoms with Gasteiger partial charge in [-0.15, -0.1) is 0 Å². The maximum absolute atomic E-state index is 13.5. The molecule has 0 bridgehead atoms. The number of carboxylic acid groups (broad SMARTS) is 1. The van der Waals surface area contributed by atoms with Gasteiger partial charge in [-0.1, -0.05) is 6.07 Å². The Morgan fingerprint density at radius 3 is 3.00 bits per heavy atom. The molecule has 4 nitrogen and oxygen atoms in total. The third-order valence-electron chi connectivity index (χ3n) is 2.66. The van der Waals surface area contributed by atoms with E-state index in [1.807, 2.05) is 0 Å². The topological polar surface area (TPSA) is 55.8 Å². The Morgan fingerprint density at radius 1 is 1.59 bits per heavy atom. The van der Waals surface area contributed by atoms with Gasteiger partial charge in [-0.25, -0.2) is 9.18 Å². The van der Waals surface area contributed by atoms with Crippen LogP contribution in [0.25, 0.3) is 0 Å². The lowest BCUT2D eigenvalue weighted by Gasteiger charge is -2.10. The first-order valence-corrected chi connectivity index (χ1v) is 5.38. The van der Waals surface area contributed by atoms with Gasteiger partial charge in [0.25, 0.3) is 0 Å². The molecule has 1 unspecified atom stereocenters. The zero-order chi connectivity index (χ0) is 12.3. The first kappa shape index (κ1) is 12.0. The molecule has 1 N–H and O–H groups in total. The molecule has 1 heterocycles. The van der Waals surface area contributed by atoms with Gasteiger partial charge >= 0.3 is 5.97 Å². The van der Waals surface area contributed by atoms with Crippen LogP contribution < -0.4 is 0 Å². The second-order valence-electron chi connectivity index (χ2n) is 3.91. The third kappa shape index (κ3) is 3.01. The number of hydrogen-bond acceptors (Lipinski definition) is 3. The van der Waals surface area contributed by atoms with E-state index in [9.17, 15) is 9.18 Å². The molecular weight excluding hydrogens is 227 g/mol. The van der Waals surface area contributed by atoms with Crippen LogP contribution in [0.4, 0.5) is 4.39 Å². The maximum Gasteiger partial charge on any atom is 0.335 e. The molecule has 0 amide bonds. The van der Waals surface area contributed by atoms with Crippen molar-refractivity contribution in [1.29, 1.82) is 0 Å². The largest absolute Gasteiger partial charge is 0.478 e. The number of hydrogen-bond donors (Lipinski definition) is 1. The van der Waals surface area contributed by atoms with E-state index < -0.39 is 11.8 Å². The molecule has 0 aliphatic carbocycles. The fourth-order valence-corrected chi connectivity index (χ4v) is 1.65. The lowest BCUT2D eigenvalue weighted by Crippen LogP contribution is -2.12. The van der Waals surface area contributed by atoms with E-state index in [1.165, 1.54) is 12.1 Å². The number of carboxylic acids is 1. The summed E-state index contributed by atoms with van der Waals surface area (Å²) in [6.07, 6.45) is 0.822. The third-order valence-corrected chi connectivity index (χ3v) is 2.66. The smallest absolute Gasteiger partial charge is 0.335 e. The van der Waals surface area contributed by atoms with Crippen molar-refractivity contribution in [3.63, 3.8) is 0 Å². The SMILES string of the molecule is O=C(O)c1ccc(COC2CCOC2)c(F)c1. The van der Waals surface area contributed by atoms with Crippen molar-refractivity contribution in [2.45, 2.75) is 19.1 Å². The Labute approximate surface area is 98.0 Å². The molecule has 1 aliphatic rings. The Balaban J connectivity index is 1.98. The molecule has 5 heteroatoms. The van der Waals surface area contributed by atoms with Crippen LogP contribution in [0.1, 0.15) is 22.3 Å². The van der Waals surface area contributed by atoms with E-state index in [2.05, 4.69) is 0 Å². The molecule has 92 valence electrons. The minimum absolute atomic E-state index is 0.00792. The number of ether oxygens (including phenoxy) is 2. The number of carbonyl (C=O) groups is 1. The molecule has 0 aromatic heterocycles. The zero-order valence-corrected chi connectivity index (χ0v) is 9.19. The summed E-state index contributed by atoms with van der Waals surface area (Å²) < 4.78 is 24.1. The molecule has 1 aromatic carbocycles. The quantitative estimate of drug-likeness (QED) is 0.872. The highest BCUT2D eigenvalue weighted by molar-refractivity contribution is 5.87. The standard InChI is InChI=1S/C12H13FO4/c13-11-5-8(12(14)15)1-2-9(11)6-17-10-3-4-16-7-10/h1-2,5,10H,3-4,6-7H2,(H,14,15). The molecule has 1 saturated heterocycles. The van der Waals surface area contributed by atoms with E-state index in [4.69, 9.17) is 14.6 Å². The number of benzene rings is 1. The highest BCUT2D eigenvalue weighted by atomic mass is 19.1. The van der Waals surface area contributed by atoms with Crippen molar-refractivity contribution in [2.75, 3.05) is 13.2 Å². The van der Waals surface area contributed by atoms with Crippen molar-refractivity contribution in [2.24, 2.45) is 0 Å². The molecular formula is C12H13FO4. The van der Waals surface area contributed by atoms with Crippen LogP contribution >= 0.6 is 0 Å². The van der Waals surface area contributed by atoms with Gasteiger partial charge in [-0.2, -0.15) is 0 Å². The Bertz CT molecular complexity index is 413. The summed E-state index contributed by atoms with van der Waals surface area (Å²) in [6, 6.07) is 3.82. The molecule has 1 aromatic rings. The van der Waals surface area contributed by atoms with E-state index in [1.54, 1.807) is 0 Å². The second-order valence-corrected chi connectivity index (χ2v) is 3.91. The molecule has 2 rings (SSSR count). The van der Waals surface area contributed by atoms with Crippen LogP contribution in [0, 0.1) is 5.82 Å². The number of halogens is 1. The normalized spacial score (nSPS) is 19.5. The summed E-state index contributed by atoms with van der Waals surface area (Å²) in [5.74, 6) is -1.69. The van der Waals surface area contributed by atoms with Gasteiger partial charge in [-0.05, 0) is 18.6 Å². The Kier molecular flexibility index (Phi) is 3.71. The van der Waals surface area contributed by atoms with Crippen molar-refractivity contribution in [3.05, 3.63) is 35.1 Å². The predicted molar refractivity (Wildman–Crippen MR) is 57.4 cm³/mol. The monoisotopic (exact) mass is 240 g/mol. The minimum Gasteiger partial charge on any atom is -0.478 e. The summed E-state index contributed by atoms with van der Waals surface area (Å²) in [4.78, 5) is 10.6. The van der Waals surface area contributed by atoms with Crippen molar-refractivity contribution in [1.82, 2.24) is 0 Å². The molecule has 17 heavy (non-hydrogen) atoms. The number of aromatic carboxylic acids is 1. The molecule has 1 atom stereocenters. The average molecular weight is 240 g/mol. The van der Waals surface area contributed by atoms with Crippen molar-refractivity contribution in [3.8, 4) is 0 Å². The highest BCUT2D eigenvalue weighted by Gasteiger charge is 2.17. The van der Waals surface area contributed by atoms with Gasteiger partial charge in [-0.3, -0.25) is 0 Å². The zero-order valence-electron chi connectivity index (χ0n) is 9.19. The molecule has 1 aliphatic heterocycles. The first-order valence-electron chi connectivity index (χ1n) is 5.38. The number of rotatable bonds is 4. The van der Waals surface area contributed by atoms with Gasteiger partial charge in [0.2, 0.25) is 0 Å². The lowest BCUT2D eigenvalue weighted by molar-refractivity contribution is 0.0304. The summed E-state index contributed by atoms with van der Waals surface area (Å²) in [7, 11) is 0. The molecule has 0 saturated carbocycles. The fourth-order valence-electron chi connectivity index (χ4n) is 1.65. The molecule has 1 fully saturated rings. The van der Waals surface area contributed by atoms with Crippen LogP contribution in [0.15, 0.2) is 18.2 Å². The average Bonchev–Trinajstić information content (AvgIpc) is 2.80. The van der Waals surface area contributed by atoms with Crippen molar-refractivity contribution < 1.29 is 23.8 Å². The Hall–Kier alpha value is -1.46. The van der Waals surface area contributed by atoms with Gasteiger partial charge < -0.3 is 14.6 Å². The molecule has 0 spiro atoms. The van der Waals surface area contributed by atoms with Gasteiger partial charge in [0.15, 0.2) is 0 Å². The van der Waals surface area contributed by atoms with E-state index in [0.29, 0.717) is 18.8 Å². The maximum atomic E-state index is 13.5. The van der Waals surface area contributed by atoms with Crippen LogP contribution in [-0.2, 0) is 16.1 Å². The summed E-state index contributed by atoms with van der Waals surface area (Å²) >= 11 is 0. The predicted octanol–water partition coefficient (Wildman–Crippen LogP) is 1.83. The fraction of sp³-hybridized carbons (Fsp3) is 0.417. The van der Waals surface area contributed by atoms with Crippen LogP contribution in [-0.4, -0.2) is 30.4 Å². The van der Waals surface area contributed by atoms with E-state index in [-0.39, 0.29) is 18.3 Å². The Morgan fingerprint density at radius 2 is 2.41 bits per heavy atom. The van der Waals surface area contributed by atoms with Crippen LogP contribution in [0.3, 0.4) is 0 Å². The first-order chi connectivity index (χ1) is 8.16. The van der Waals surface area contributed by atoms with Gasteiger partial charge in [0.05, 0.1) is 24.9 Å². The van der Waals surface area contributed by atoms with E-state index in [0.717, 1.165) is 12.5 Å². The van der Waals surface area contributed by atoms with Crippen LogP contribution in [0.5, 0.6) is 0 Å².